The minimum Gasteiger partial charge on any atom is -0.334 e. The predicted octanol–water partition coefficient (Wildman–Crippen LogP) is 2.59. The molecule has 0 amide bonds. The van der Waals surface area contributed by atoms with E-state index in [9.17, 15) is 21.6 Å². The molecule has 0 heterocycles. The predicted molar refractivity (Wildman–Crippen MR) is 69.9 cm³/mol. The topological polar surface area (TPSA) is 82.3 Å². The van der Waals surface area contributed by atoms with Crippen molar-refractivity contribution in [3.8, 4) is 6.19 Å². The van der Waals surface area contributed by atoms with Crippen LogP contribution in [0.25, 0.3) is 0 Å². The molecule has 0 aliphatic carbocycles. The van der Waals surface area contributed by atoms with E-state index >= 15 is 0 Å². The monoisotopic (exact) mass is 323 g/mol. The van der Waals surface area contributed by atoms with Gasteiger partial charge in [-0.1, -0.05) is 17.8 Å². The second kappa shape index (κ2) is 6.15. The lowest BCUT2D eigenvalue weighted by molar-refractivity contribution is -0.0435. The molecule has 0 fully saturated rings. The average molecular weight is 323 g/mol. The summed E-state index contributed by atoms with van der Waals surface area (Å²) in [6.45, 7) is 0. The van der Waals surface area contributed by atoms with E-state index < -0.39 is 20.2 Å². The molecule has 0 saturated carbocycles. The van der Waals surface area contributed by atoms with Crippen LogP contribution in [0, 0.1) is 11.5 Å². The number of benzene rings is 1. The molecule has 0 aromatic heterocycles. The maximum atomic E-state index is 12.4. The van der Waals surface area contributed by atoms with Crippen molar-refractivity contribution < 1.29 is 21.6 Å². The van der Waals surface area contributed by atoms with Gasteiger partial charge in [0.25, 0.3) is 9.84 Å². The van der Waals surface area contributed by atoms with Gasteiger partial charge in [-0.05, 0) is 24.5 Å². The number of anilines is 1. The zero-order valence-electron chi connectivity index (χ0n) is 9.97. The number of alkyl halides is 3. The number of nitriles is 1. The van der Waals surface area contributed by atoms with Crippen molar-refractivity contribution in [2.75, 3.05) is 11.6 Å². The summed E-state index contributed by atoms with van der Waals surface area (Å²) >= 11 is 1.05. The average Bonchev–Trinajstić information content (AvgIpc) is 2.37. The molecule has 5 nitrogen and oxygen atoms in total. The molecule has 0 aliphatic rings. The summed E-state index contributed by atoms with van der Waals surface area (Å²) in [7, 11) is -5.41. The lowest BCUT2D eigenvalue weighted by atomic mass is 10.3. The van der Waals surface area contributed by atoms with Gasteiger partial charge in [-0.2, -0.15) is 18.4 Å². The van der Waals surface area contributed by atoms with Crippen LogP contribution in [0.1, 0.15) is 0 Å². The molecule has 108 valence electrons. The third-order valence-electron chi connectivity index (χ3n) is 2.05. The van der Waals surface area contributed by atoms with Gasteiger partial charge in [-0.25, -0.2) is 8.42 Å². The summed E-state index contributed by atoms with van der Waals surface area (Å²) in [6, 6.07) is 4.18. The molecule has 20 heavy (non-hydrogen) atoms. The van der Waals surface area contributed by atoms with Crippen molar-refractivity contribution in [1.82, 2.24) is 0 Å². The summed E-state index contributed by atoms with van der Waals surface area (Å²) in [5.74, 6) is 0. The van der Waals surface area contributed by atoms with Gasteiger partial charge in [0.2, 0.25) is 6.19 Å². The van der Waals surface area contributed by atoms with Crippen LogP contribution in [0.15, 0.2) is 34.2 Å². The van der Waals surface area contributed by atoms with E-state index in [4.69, 9.17) is 5.26 Å². The number of hydrogen-bond donors (Lipinski definition) is 1. The highest BCUT2D eigenvalue weighted by molar-refractivity contribution is 8.13. The fourth-order valence-electron chi connectivity index (χ4n) is 1.17. The van der Waals surface area contributed by atoms with Crippen molar-refractivity contribution in [2.24, 2.45) is 4.99 Å². The quantitative estimate of drug-likeness (QED) is 0.514. The highest BCUT2D eigenvalue weighted by atomic mass is 32.2. The van der Waals surface area contributed by atoms with Crippen LogP contribution in [0.2, 0.25) is 0 Å². The normalized spacial score (nSPS) is 12.8. The van der Waals surface area contributed by atoms with Gasteiger partial charge in [-0.3, -0.25) is 0 Å². The van der Waals surface area contributed by atoms with Crippen molar-refractivity contribution in [1.29, 1.82) is 5.26 Å². The van der Waals surface area contributed by atoms with Crippen LogP contribution >= 0.6 is 11.8 Å². The smallest absolute Gasteiger partial charge is 0.334 e. The third-order valence-corrected chi connectivity index (χ3v) is 4.11. The molecule has 0 saturated heterocycles. The maximum Gasteiger partial charge on any atom is 0.501 e. The van der Waals surface area contributed by atoms with E-state index in [1.807, 2.05) is 0 Å². The van der Waals surface area contributed by atoms with E-state index in [-0.39, 0.29) is 10.9 Å². The Balaban J connectivity index is 3.17. The van der Waals surface area contributed by atoms with Gasteiger partial charge in [0, 0.05) is 5.69 Å². The van der Waals surface area contributed by atoms with E-state index in [1.165, 1.54) is 12.3 Å². The standard InChI is InChI=1S/C10H8F3N3O2S2/c1-19-9(15-6-14)16-7-3-2-4-8(5-7)20(17,18)10(11,12)13/h2-5H,1H3,(H,15,16). The van der Waals surface area contributed by atoms with Crippen LogP contribution < -0.4 is 5.32 Å². The van der Waals surface area contributed by atoms with Crippen molar-refractivity contribution in [2.45, 2.75) is 10.4 Å². The summed E-state index contributed by atoms with van der Waals surface area (Å²) in [4.78, 5) is 2.50. The molecule has 1 rings (SSSR count). The molecule has 1 aromatic carbocycles. The van der Waals surface area contributed by atoms with Crippen molar-refractivity contribution >= 4 is 32.5 Å². The Morgan fingerprint density at radius 3 is 2.60 bits per heavy atom. The van der Waals surface area contributed by atoms with Crippen molar-refractivity contribution in [3.63, 3.8) is 0 Å². The Bertz CT molecular complexity index is 663. The fraction of sp³-hybridized carbons (Fsp3) is 0.200. The number of amidine groups is 1. The number of hydrogen-bond acceptors (Lipinski definition) is 5. The molecule has 0 atom stereocenters. The summed E-state index contributed by atoms with van der Waals surface area (Å²) in [5.41, 5.74) is -5.28. The minimum atomic E-state index is -5.41. The lowest BCUT2D eigenvalue weighted by Gasteiger charge is -2.10. The highest BCUT2D eigenvalue weighted by Gasteiger charge is 2.46. The molecular formula is C10H8F3N3O2S2. The molecule has 1 N–H and O–H groups in total. The highest BCUT2D eigenvalue weighted by Crippen LogP contribution is 2.31. The number of sulfone groups is 1. The van der Waals surface area contributed by atoms with Crippen molar-refractivity contribution in [3.05, 3.63) is 24.3 Å². The number of halogens is 3. The zero-order chi connectivity index (χ0) is 15.4. The molecule has 1 aromatic rings. The molecule has 10 heteroatoms. The molecule has 0 aliphatic heterocycles. The van der Waals surface area contributed by atoms with Gasteiger partial charge in [0.15, 0.2) is 5.17 Å². The van der Waals surface area contributed by atoms with Crippen LogP contribution in [0.3, 0.4) is 0 Å². The summed E-state index contributed by atoms with van der Waals surface area (Å²) in [6.07, 6.45) is 3.11. The first-order chi connectivity index (χ1) is 9.22. The van der Waals surface area contributed by atoms with Gasteiger partial charge >= 0.3 is 5.51 Å². The summed E-state index contributed by atoms with van der Waals surface area (Å²) < 4.78 is 59.8. The maximum absolute atomic E-state index is 12.4. The first kappa shape index (κ1) is 16.3. The SMILES string of the molecule is CS/C(=N\C#N)Nc1cccc(S(=O)(=O)C(F)(F)F)c1. The molecule has 0 radical (unpaired) electrons. The van der Waals surface area contributed by atoms with Gasteiger partial charge in [0.1, 0.15) is 0 Å². The Labute approximate surface area is 117 Å². The fourth-order valence-corrected chi connectivity index (χ4v) is 2.33. The first-order valence-electron chi connectivity index (χ1n) is 4.91. The largest absolute Gasteiger partial charge is 0.501 e. The Kier molecular flexibility index (Phi) is 5.02. The van der Waals surface area contributed by atoms with E-state index in [2.05, 4.69) is 10.3 Å². The lowest BCUT2D eigenvalue weighted by Crippen LogP contribution is -2.23. The Morgan fingerprint density at radius 2 is 2.10 bits per heavy atom. The number of rotatable bonds is 2. The Hall–Kier alpha value is -1.73. The van der Waals surface area contributed by atoms with Crippen LogP contribution in [-0.4, -0.2) is 25.3 Å². The van der Waals surface area contributed by atoms with Crippen LogP contribution in [0.5, 0.6) is 0 Å². The molecule has 0 spiro atoms. The molecule has 0 unspecified atom stereocenters. The minimum absolute atomic E-state index is 0.0821. The second-order valence-electron chi connectivity index (χ2n) is 3.32. The van der Waals surface area contributed by atoms with Crippen LogP contribution in [-0.2, 0) is 9.84 Å². The third kappa shape index (κ3) is 3.64. The van der Waals surface area contributed by atoms with E-state index in [0.29, 0.717) is 0 Å². The Morgan fingerprint density at radius 1 is 1.45 bits per heavy atom. The number of thioether (sulfide) groups is 1. The van der Waals surface area contributed by atoms with Gasteiger partial charge in [-0.15, -0.1) is 4.99 Å². The number of nitrogens with one attached hydrogen (secondary N) is 1. The zero-order valence-corrected chi connectivity index (χ0v) is 11.6. The molecular weight excluding hydrogens is 315 g/mol. The van der Waals surface area contributed by atoms with E-state index in [0.717, 1.165) is 30.0 Å². The number of nitrogens with zero attached hydrogens (tertiary/aromatic N) is 2. The van der Waals surface area contributed by atoms with Gasteiger partial charge in [0.05, 0.1) is 4.90 Å². The van der Waals surface area contributed by atoms with E-state index in [1.54, 1.807) is 6.26 Å². The van der Waals surface area contributed by atoms with Crippen LogP contribution in [0.4, 0.5) is 18.9 Å². The van der Waals surface area contributed by atoms with Gasteiger partial charge < -0.3 is 5.32 Å². The first-order valence-corrected chi connectivity index (χ1v) is 7.62. The number of aliphatic imine (C=N–C) groups is 1. The summed E-state index contributed by atoms with van der Waals surface area (Å²) in [5, 5.41) is 11.1. The second-order valence-corrected chi connectivity index (χ2v) is 6.06. The molecule has 0 bridgehead atoms.